The Morgan fingerprint density at radius 3 is 2.53 bits per heavy atom. The number of rotatable bonds is 6. The molecule has 0 fully saturated rings. The number of pyridine rings is 1. The summed E-state index contributed by atoms with van der Waals surface area (Å²) in [5, 5.41) is 6.48. The molecule has 36 heavy (non-hydrogen) atoms. The predicted molar refractivity (Wildman–Crippen MR) is 137 cm³/mol. The lowest BCUT2D eigenvalue weighted by molar-refractivity contribution is -0.111. The van der Waals surface area contributed by atoms with Crippen LogP contribution in [-0.4, -0.2) is 36.7 Å². The van der Waals surface area contributed by atoms with Crippen LogP contribution in [0.1, 0.15) is 30.6 Å². The third-order valence-electron chi connectivity index (χ3n) is 4.95. The molecule has 0 unspecified atom stereocenters. The van der Waals surface area contributed by atoms with Gasteiger partial charge in [-0.15, -0.1) is 0 Å². The minimum absolute atomic E-state index is 0.166. The van der Waals surface area contributed by atoms with Gasteiger partial charge in [-0.1, -0.05) is 44.2 Å². The van der Waals surface area contributed by atoms with E-state index in [9.17, 15) is 9.59 Å². The van der Waals surface area contributed by atoms with Gasteiger partial charge in [-0.3, -0.25) is 20.2 Å². The van der Waals surface area contributed by atoms with Gasteiger partial charge in [-0.05, 0) is 36.8 Å². The van der Waals surface area contributed by atoms with Gasteiger partial charge in [-0.25, -0.2) is 15.0 Å². The van der Waals surface area contributed by atoms with Crippen LogP contribution in [0.4, 0.5) is 11.9 Å². The lowest BCUT2D eigenvalue weighted by Crippen LogP contribution is -2.31. The molecular formula is C26H25N7O3. The fraction of sp³-hybridized carbons (Fsp3) is 0.115. The number of hydrogen-bond donors (Lipinski definition) is 4. The second-order valence-corrected chi connectivity index (χ2v) is 7.24. The number of anilines is 2. The fourth-order valence-electron chi connectivity index (χ4n) is 3.38. The van der Waals surface area contributed by atoms with Gasteiger partial charge >= 0.3 is 0 Å². The Kier molecular flexibility index (Phi) is 7.66. The van der Waals surface area contributed by atoms with Crippen molar-refractivity contribution in [2.45, 2.75) is 20.3 Å². The monoisotopic (exact) mass is 483 g/mol. The lowest BCUT2D eigenvalue weighted by atomic mass is 10.1. The quantitative estimate of drug-likeness (QED) is 0.332. The van der Waals surface area contributed by atoms with Crippen molar-refractivity contribution in [3.63, 3.8) is 0 Å². The first-order valence-corrected chi connectivity index (χ1v) is 11.4. The fourth-order valence-corrected chi connectivity index (χ4v) is 3.38. The van der Waals surface area contributed by atoms with Crippen molar-refractivity contribution in [1.29, 1.82) is 0 Å². The van der Waals surface area contributed by atoms with Gasteiger partial charge < -0.3 is 14.7 Å². The molecule has 0 saturated heterocycles. The number of allylic oxidation sites excluding steroid dienone is 2. The summed E-state index contributed by atoms with van der Waals surface area (Å²) in [6.45, 7) is 4.00. The van der Waals surface area contributed by atoms with Gasteiger partial charge in [0.2, 0.25) is 17.8 Å². The third kappa shape index (κ3) is 5.55. The number of carbonyl (C=O) groups is 2. The number of nitrogens with zero attached hydrogens (tertiary/aromatic N) is 3. The molecule has 1 aromatic carbocycles. The van der Waals surface area contributed by atoms with Crippen molar-refractivity contribution in [1.82, 2.24) is 24.9 Å². The Balaban J connectivity index is 0.00000148. The van der Waals surface area contributed by atoms with Gasteiger partial charge in [0.05, 0.1) is 10.7 Å². The zero-order valence-corrected chi connectivity index (χ0v) is 19.8. The van der Waals surface area contributed by atoms with Crippen molar-refractivity contribution >= 4 is 35.4 Å². The van der Waals surface area contributed by atoms with E-state index in [0.29, 0.717) is 34.4 Å². The summed E-state index contributed by atoms with van der Waals surface area (Å²) in [7, 11) is 0. The molecule has 4 aromatic rings. The molecule has 0 aliphatic heterocycles. The molecule has 10 heteroatoms. The van der Waals surface area contributed by atoms with Gasteiger partial charge in [0.1, 0.15) is 11.3 Å². The molecule has 1 aliphatic rings. The molecule has 0 bridgehead atoms. The van der Waals surface area contributed by atoms with Crippen LogP contribution in [0, 0.1) is 0 Å². The van der Waals surface area contributed by atoms with E-state index in [0.717, 1.165) is 0 Å². The Morgan fingerprint density at radius 2 is 1.75 bits per heavy atom. The molecule has 10 nitrogen and oxygen atoms in total. The molecule has 4 N–H and O–H groups in total. The number of benzene rings is 1. The van der Waals surface area contributed by atoms with Crippen molar-refractivity contribution < 1.29 is 14.3 Å². The molecular weight excluding hydrogens is 458 g/mol. The second-order valence-electron chi connectivity index (χ2n) is 7.24. The highest BCUT2D eigenvalue weighted by atomic mass is 16.5. The Bertz CT molecular complexity index is 1490. The van der Waals surface area contributed by atoms with Crippen LogP contribution in [0.3, 0.4) is 0 Å². The minimum Gasteiger partial charge on any atom is -0.438 e. The first kappa shape index (κ1) is 24.1. The van der Waals surface area contributed by atoms with E-state index in [1.54, 1.807) is 48.9 Å². The zero-order valence-electron chi connectivity index (χ0n) is 19.8. The van der Waals surface area contributed by atoms with Crippen molar-refractivity contribution in [3.05, 3.63) is 89.5 Å². The van der Waals surface area contributed by atoms with E-state index in [-0.39, 0.29) is 23.3 Å². The SMILES string of the molecule is CC.O=C(Nc1ncc[nH]1)C1=c2nc(NC(=O)c3cccnc3Oc3ccccc3)[nH]c2=CC=CC1. The Hall–Kier alpha value is -4.99. The number of H-pyrrole nitrogens is 2. The number of nitrogens with one attached hydrogen (secondary N) is 4. The molecule has 182 valence electrons. The molecule has 0 radical (unpaired) electrons. The van der Waals surface area contributed by atoms with E-state index in [4.69, 9.17) is 4.74 Å². The highest BCUT2D eigenvalue weighted by molar-refractivity contribution is 6.20. The highest BCUT2D eigenvalue weighted by Crippen LogP contribution is 2.23. The summed E-state index contributed by atoms with van der Waals surface area (Å²) in [6, 6.07) is 12.3. The van der Waals surface area contributed by atoms with Crippen molar-refractivity contribution in [3.8, 4) is 11.6 Å². The van der Waals surface area contributed by atoms with E-state index in [1.807, 2.05) is 44.2 Å². The van der Waals surface area contributed by atoms with Gasteiger partial charge in [0, 0.05) is 24.2 Å². The van der Waals surface area contributed by atoms with Crippen LogP contribution < -0.4 is 26.1 Å². The standard InChI is InChI=1S/C24H19N7O3.C2H6/c32-20(30-23-26-13-14-27-23)16-9-4-5-11-18-19(16)29-24(28-18)31-21(33)17-10-6-12-25-22(17)34-15-7-2-1-3-8-15;1-2/h1-8,10-14H,9H2,(H2,26,27,30,32)(H2,28,29,31,33);1-2H3. The maximum absolute atomic E-state index is 13.0. The van der Waals surface area contributed by atoms with E-state index >= 15 is 0 Å². The summed E-state index contributed by atoms with van der Waals surface area (Å²) in [5.74, 6) is 0.454. The normalized spacial score (nSPS) is 11.8. The molecule has 0 spiro atoms. The third-order valence-corrected chi connectivity index (χ3v) is 4.95. The first-order chi connectivity index (χ1) is 17.7. The molecule has 3 heterocycles. The molecule has 0 saturated carbocycles. The average molecular weight is 484 g/mol. The summed E-state index contributed by atoms with van der Waals surface area (Å²) >= 11 is 0. The number of hydrogen-bond acceptors (Lipinski definition) is 6. The van der Waals surface area contributed by atoms with Crippen LogP contribution in [0.15, 0.2) is 73.2 Å². The maximum Gasteiger partial charge on any atom is 0.263 e. The number of amides is 2. The molecule has 1 aliphatic carbocycles. The van der Waals surface area contributed by atoms with E-state index in [1.165, 1.54) is 0 Å². The maximum atomic E-state index is 13.0. The van der Waals surface area contributed by atoms with Crippen LogP contribution in [0.2, 0.25) is 0 Å². The predicted octanol–water partition coefficient (Wildman–Crippen LogP) is 3.13. The molecule has 3 aromatic heterocycles. The number of aromatic amines is 2. The van der Waals surface area contributed by atoms with Gasteiger partial charge in [0.25, 0.3) is 11.8 Å². The number of ether oxygens (including phenoxy) is 1. The van der Waals surface area contributed by atoms with E-state index < -0.39 is 5.91 Å². The Labute approximate surface area is 206 Å². The van der Waals surface area contributed by atoms with Crippen molar-refractivity contribution in [2.24, 2.45) is 0 Å². The second kappa shape index (κ2) is 11.4. The number of fused-ring (bicyclic) bond motifs is 1. The topological polar surface area (TPSA) is 138 Å². The van der Waals surface area contributed by atoms with Gasteiger partial charge in [0.15, 0.2) is 0 Å². The van der Waals surface area contributed by atoms with Crippen molar-refractivity contribution in [2.75, 3.05) is 10.6 Å². The molecule has 5 rings (SSSR count). The highest BCUT2D eigenvalue weighted by Gasteiger charge is 2.18. The van der Waals surface area contributed by atoms with Crippen LogP contribution >= 0.6 is 0 Å². The molecule has 2 amide bonds. The largest absolute Gasteiger partial charge is 0.438 e. The number of aromatic nitrogens is 5. The lowest BCUT2D eigenvalue weighted by Gasteiger charge is -2.09. The number of imidazole rings is 2. The zero-order chi connectivity index (χ0) is 25.3. The molecule has 0 atom stereocenters. The van der Waals surface area contributed by atoms with Crippen LogP contribution in [0.25, 0.3) is 11.6 Å². The van der Waals surface area contributed by atoms with E-state index in [2.05, 4.69) is 35.6 Å². The van der Waals surface area contributed by atoms with Crippen LogP contribution in [-0.2, 0) is 4.79 Å². The van der Waals surface area contributed by atoms with Gasteiger partial charge in [-0.2, -0.15) is 0 Å². The number of para-hydroxylation sites is 1. The Morgan fingerprint density at radius 1 is 0.944 bits per heavy atom. The first-order valence-electron chi connectivity index (χ1n) is 11.4. The summed E-state index contributed by atoms with van der Waals surface area (Å²) in [5.41, 5.74) is 0.671. The summed E-state index contributed by atoms with van der Waals surface area (Å²) < 4.78 is 5.78. The van der Waals surface area contributed by atoms with Crippen LogP contribution in [0.5, 0.6) is 11.6 Å². The average Bonchev–Trinajstić information content (AvgIpc) is 3.51. The minimum atomic E-state index is -0.458. The smallest absolute Gasteiger partial charge is 0.263 e. The number of carbonyl (C=O) groups excluding carboxylic acids is 2. The summed E-state index contributed by atoms with van der Waals surface area (Å²) in [6.07, 6.45) is 10.5. The summed E-state index contributed by atoms with van der Waals surface area (Å²) in [4.78, 5) is 44.4.